The fraction of sp³-hybridized carbons (Fsp3) is 0.920. The molecule has 1 amide bonds. The number of guanidine groups is 1. The van der Waals surface area contributed by atoms with Crippen molar-refractivity contribution in [1.82, 2.24) is 10.6 Å². The normalized spacial score (nSPS) is 45.8. The van der Waals surface area contributed by atoms with Gasteiger partial charge in [-0.25, -0.2) is 4.99 Å². The maximum absolute atomic E-state index is 13.1. The molecule has 0 radical (unpaired) electrons. The van der Waals surface area contributed by atoms with Crippen LogP contribution in [0.3, 0.4) is 0 Å². The average Bonchev–Trinajstić information content (AvgIpc) is 3.63. The third kappa shape index (κ3) is 7.76. The molecule has 2 heterocycles. The van der Waals surface area contributed by atoms with E-state index >= 15 is 0 Å². The fourth-order valence-corrected chi connectivity index (χ4v) is 5.87. The molecule has 2 aliphatic carbocycles. The van der Waals surface area contributed by atoms with Gasteiger partial charge in [-0.15, -0.1) is 0 Å². The minimum Gasteiger partial charge on any atom is -0.390 e. The van der Waals surface area contributed by atoms with Gasteiger partial charge in [0.05, 0.1) is 49.1 Å². The second-order valence-electron chi connectivity index (χ2n) is 12.0. The van der Waals surface area contributed by atoms with E-state index in [-0.39, 0.29) is 38.4 Å². The van der Waals surface area contributed by atoms with Gasteiger partial charge in [0.1, 0.15) is 24.4 Å². The molecule has 19 nitrogen and oxygen atoms in total. The highest BCUT2D eigenvalue weighted by Gasteiger charge is 2.61. The Hall–Kier alpha value is -1.82. The lowest BCUT2D eigenvalue weighted by molar-refractivity contribution is -0.301. The van der Waals surface area contributed by atoms with Crippen LogP contribution in [-0.2, 0) is 23.7 Å². The van der Waals surface area contributed by atoms with Crippen molar-refractivity contribution in [1.29, 1.82) is 0 Å². The molecule has 2 aliphatic heterocycles. The molecule has 0 bridgehead atoms. The highest BCUT2D eigenvalue weighted by molar-refractivity contribution is 5.90. The Morgan fingerprint density at radius 1 is 0.977 bits per heavy atom. The van der Waals surface area contributed by atoms with Gasteiger partial charge >= 0.3 is 0 Å². The molecule has 0 aromatic heterocycles. The number of nitrogens with zero attached hydrogens (tertiary/aromatic N) is 1. The molecule has 19 N–H and O–H groups in total. The quantitative estimate of drug-likeness (QED) is 0.0537. The Labute approximate surface area is 254 Å². The summed E-state index contributed by atoms with van der Waals surface area (Å²) in [5, 5.41) is 59.4. The lowest BCUT2D eigenvalue weighted by atomic mass is 9.83. The number of carbonyl (C=O) groups is 1. The summed E-state index contributed by atoms with van der Waals surface area (Å²) in [6, 6.07) is -4.38. The molecule has 254 valence electrons. The van der Waals surface area contributed by atoms with Gasteiger partial charge in [0.15, 0.2) is 24.1 Å². The van der Waals surface area contributed by atoms with Crippen molar-refractivity contribution in [2.45, 2.75) is 117 Å². The Bertz CT molecular complexity index is 998. The van der Waals surface area contributed by atoms with E-state index in [0.717, 1.165) is 0 Å². The summed E-state index contributed by atoms with van der Waals surface area (Å²) in [5.41, 5.74) is 32.7. The second kappa shape index (κ2) is 14.7. The van der Waals surface area contributed by atoms with Crippen LogP contribution in [0.5, 0.6) is 0 Å². The van der Waals surface area contributed by atoms with Gasteiger partial charge in [-0.1, -0.05) is 0 Å². The van der Waals surface area contributed by atoms with E-state index in [1.165, 1.54) is 0 Å². The molecule has 15 atom stereocenters. The molecule has 3 unspecified atom stereocenters. The van der Waals surface area contributed by atoms with Crippen molar-refractivity contribution in [3.8, 4) is 0 Å². The zero-order valence-corrected chi connectivity index (χ0v) is 24.4. The van der Waals surface area contributed by atoms with Crippen LogP contribution in [0.25, 0.3) is 0 Å². The summed E-state index contributed by atoms with van der Waals surface area (Å²) in [6.07, 6.45) is -9.76. The standard InChI is InChI=1S/C25H49N9O10/c26-2-1-3-32-11-5-12(35)14(7-27)42-21(11)43-19-9(28)4-10(33-23(39)25(40)6-15(25)34-24(30)31)20(18(19)38)44-22-17(37)16(29)13(36)8-41-22/h9-22,32,35-38,40H,1-8,26-29H2,(H,33,39)(H4,30,31,34)/t9-,10+,11+,12-,13+,14+,15?,16-,17+,18-,19?,20-,21+,22+,25?/m0/s1. The zero-order chi connectivity index (χ0) is 32.3. The van der Waals surface area contributed by atoms with Gasteiger partial charge in [0.2, 0.25) is 0 Å². The van der Waals surface area contributed by atoms with Crippen LogP contribution in [-0.4, -0.2) is 155 Å². The maximum atomic E-state index is 13.1. The summed E-state index contributed by atoms with van der Waals surface area (Å²) >= 11 is 0. The van der Waals surface area contributed by atoms with E-state index < -0.39 is 97.0 Å². The molecule has 4 aliphatic rings. The maximum Gasteiger partial charge on any atom is 0.254 e. The van der Waals surface area contributed by atoms with E-state index in [1.807, 2.05) is 0 Å². The summed E-state index contributed by atoms with van der Waals surface area (Å²) in [6.45, 7) is 0.714. The number of hydrogen-bond donors (Lipinski definition) is 13. The summed E-state index contributed by atoms with van der Waals surface area (Å²) in [4.78, 5) is 17.0. The van der Waals surface area contributed by atoms with Gasteiger partial charge in [0, 0.05) is 19.0 Å². The molecule has 0 aromatic rings. The first-order valence-corrected chi connectivity index (χ1v) is 14.9. The zero-order valence-electron chi connectivity index (χ0n) is 24.4. The van der Waals surface area contributed by atoms with Crippen LogP contribution in [0.1, 0.15) is 25.7 Å². The van der Waals surface area contributed by atoms with Crippen molar-refractivity contribution in [3.63, 3.8) is 0 Å². The van der Waals surface area contributed by atoms with Gasteiger partial charge < -0.3 is 89.5 Å². The summed E-state index contributed by atoms with van der Waals surface area (Å²) < 4.78 is 23.7. The van der Waals surface area contributed by atoms with Gasteiger partial charge in [-0.2, -0.15) is 0 Å². The Morgan fingerprint density at radius 3 is 2.34 bits per heavy atom. The van der Waals surface area contributed by atoms with Crippen molar-refractivity contribution < 1.29 is 49.3 Å². The van der Waals surface area contributed by atoms with Gasteiger partial charge in [-0.3, -0.25) is 4.79 Å². The van der Waals surface area contributed by atoms with Gasteiger partial charge in [-0.05, 0) is 32.4 Å². The number of aliphatic hydroxyl groups excluding tert-OH is 4. The minimum absolute atomic E-state index is 0.0143. The first-order valence-electron chi connectivity index (χ1n) is 14.9. The average molecular weight is 636 g/mol. The number of carbonyl (C=O) groups excluding carboxylic acids is 1. The summed E-state index contributed by atoms with van der Waals surface area (Å²) in [5.74, 6) is -1.11. The number of rotatable bonds is 12. The Morgan fingerprint density at radius 2 is 1.68 bits per heavy atom. The number of ether oxygens (including phenoxy) is 4. The summed E-state index contributed by atoms with van der Waals surface area (Å²) in [7, 11) is 0. The predicted molar refractivity (Wildman–Crippen MR) is 153 cm³/mol. The van der Waals surface area contributed by atoms with E-state index in [1.54, 1.807) is 0 Å². The third-order valence-corrected chi connectivity index (χ3v) is 8.64. The van der Waals surface area contributed by atoms with E-state index in [4.69, 9.17) is 53.3 Å². The lowest BCUT2D eigenvalue weighted by Crippen LogP contribution is -2.68. The molecule has 2 saturated heterocycles. The van der Waals surface area contributed by atoms with Crippen LogP contribution in [0, 0.1) is 0 Å². The molecule has 4 fully saturated rings. The number of aliphatic hydroxyl groups is 5. The van der Waals surface area contributed by atoms with Crippen molar-refractivity contribution >= 4 is 11.9 Å². The third-order valence-electron chi connectivity index (χ3n) is 8.64. The molecule has 2 saturated carbocycles. The van der Waals surface area contributed by atoms with Crippen LogP contribution in [0.4, 0.5) is 0 Å². The largest absolute Gasteiger partial charge is 0.390 e. The predicted octanol–water partition coefficient (Wildman–Crippen LogP) is -7.74. The first kappa shape index (κ1) is 35.0. The van der Waals surface area contributed by atoms with Crippen molar-refractivity contribution in [3.05, 3.63) is 0 Å². The fourth-order valence-electron chi connectivity index (χ4n) is 5.87. The molecule has 19 heteroatoms. The number of aliphatic imine (C=N–C) groups is 1. The van der Waals surface area contributed by atoms with Crippen LogP contribution < -0.4 is 45.0 Å². The van der Waals surface area contributed by atoms with Crippen LogP contribution >= 0.6 is 0 Å². The van der Waals surface area contributed by atoms with Gasteiger partial charge in [0.25, 0.3) is 5.91 Å². The smallest absolute Gasteiger partial charge is 0.254 e. The Kier molecular flexibility index (Phi) is 11.7. The number of nitrogens with one attached hydrogen (secondary N) is 2. The number of nitrogens with two attached hydrogens (primary N) is 6. The second-order valence-corrected chi connectivity index (χ2v) is 12.0. The topological polar surface area (TPSA) is 348 Å². The molecule has 0 aromatic carbocycles. The van der Waals surface area contributed by atoms with Crippen LogP contribution in [0.2, 0.25) is 0 Å². The molecule has 4 rings (SSSR count). The highest BCUT2D eigenvalue weighted by Crippen LogP contribution is 2.40. The highest BCUT2D eigenvalue weighted by atomic mass is 16.7. The first-order chi connectivity index (χ1) is 20.8. The minimum atomic E-state index is -1.89. The number of amides is 1. The van der Waals surface area contributed by atoms with E-state index in [9.17, 15) is 30.3 Å². The van der Waals surface area contributed by atoms with Crippen molar-refractivity contribution in [2.24, 2.45) is 39.4 Å². The SMILES string of the molecule is NCCCN[C@@H]1C[C@H](O)[C@@H](CN)O[C@@H]1OC1[C@@H](N)C[C@@H](NC(=O)C2(O)CC2N=C(N)N)[C@H](O[C@H]2OC[C@@H](O)[C@H](N)[C@H]2O)[C@H]1O. The number of hydrogen-bond acceptors (Lipinski definition) is 16. The van der Waals surface area contributed by atoms with Crippen molar-refractivity contribution in [2.75, 3.05) is 26.2 Å². The van der Waals surface area contributed by atoms with E-state index in [2.05, 4.69) is 15.6 Å². The Balaban J connectivity index is 1.54. The molecular weight excluding hydrogens is 586 g/mol. The molecular formula is C25H49N9O10. The van der Waals surface area contributed by atoms with E-state index in [0.29, 0.717) is 19.5 Å². The molecule has 0 spiro atoms. The lowest BCUT2D eigenvalue weighted by Gasteiger charge is -2.48. The van der Waals surface area contributed by atoms with Crippen LogP contribution in [0.15, 0.2) is 4.99 Å². The molecule has 44 heavy (non-hydrogen) atoms. The monoisotopic (exact) mass is 635 g/mol.